The van der Waals surface area contributed by atoms with Gasteiger partial charge in [0.05, 0.1) is 12.1 Å². The fourth-order valence-corrected chi connectivity index (χ4v) is 1.81. The second kappa shape index (κ2) is 3.01. The molecular weight excluding hydrogens is 164 g/mol. The molecule has 0 spiro atoms. The van der Waals surface area contributed by atoms with Gasteiger partial charge in [-0.2, -0.15) is 0 Å². The summed E-state index contributed by atoms with van der Waals surface area (Å²) >= 11 is 0. The first kappa shape index (κ1) is 8.53. The first-order valence-electron chi connectivity index (χ1n) is 4.47. The topological polar surface area (TPSA) is 58.3 Å². The van der Waals surface area contributed by atoms with Crippen LogP contribution in [0.15, 0.2) is 18.2 Å². The van der Waals surface area contributed by atoms with E-state index in [-0.39, 0.29) is 6.04 Å². The number of nitrogens with one attached hydrogen (secondary N) is 1. The summed E-state index contributed by atoms with van der Waals surface area (Å²) in [4.78, 5) is 0. The summed E-state index contributed by atoms with van der Waals surface area (Å²) in [6.45, 7) is 2.55. The van der Waals surface area contributed by atoms with Crippen LogP contribution in [0.4, 0.5) is 5.69 Å². The molecule has 3 nitrogen and oxygen atoms in total. The number of aryl methyl sites for hydroxylation is 1. The Hall–Kier alpha value is -1.06. The van der Waals surface area contributed by atoms with E-state index in [2.05, 4.69) is 5.32 Å². The number of rotatable bonds is 0. The highest BCUT2D eigenvalue weighted by atomic mass is 16.3. The van der Waals surface area contributed by atoms with Gasteiger partial charge in [-0.3, -0.25) is 0 Å². The Morgan fingerprint density at radius 2 is 2.31 bits per heavy atom. The highest BCUT2D eigenvalue weighted by molar-refractivity contribution is 5.58. The first-order valence-corrected chi connectivity index (χ1v) is 4.47. The standard InChI is InChI=1S/C10H14N2O/c1-6-3-2-4-7-9(6)10(11)8(13)5-12-7/h2-4,8,10,12-13H,5,11H2,1H3. The number of benzene rings is 1. The van der Waals surface area contributed by atoms with Crippen LogP contribution in [0.1, 0.15) is 17.2 Å². The van der Waals surface area contributed by atoms with Gasteiger partial charge in [-0.15, -0.1) is 0 Å². The second-order valence-corrected chi connectivity index (χ2v) is 3.51. The molecule has 1 aliphatic rings. The van der Waals surface area contributed by atoms with Crippen LogP contribution in [0.5, 0.6) is 0 Å². The van der Waals surface area contributed by atoms with Crippen molar-refractivity contribution < 1.29 is 5.11 Å². The van der Waals surface area contributed by atoms with Crippen LogP contribution in [0.25, 0.3) is 0 Å². The SMILES string of the molecule is Cc1cccc2c1C(N)C(O)CN2. The summed E-state index contributed by atoms with van der Waals surface area (Å²) in [6.07, 6.45) is -0.478. The molecule has 1 aliphatic heterocycles. The molecule has 0 saturated carbocycles. The lowest BCUT2D eigenvalue weighted by molar-refractivity contribution is 0.153. The number of β-amino-alcohol motifs (C(OH)–C–C–N with tert-alkyl or cyclic N) is 1. The highest BCUT2D eigenvalue weighted by Gasteiger charge is 2.25. The average Bonchev–Trinajstić information content (AvgIpc) is 2.12. The van der Waals surface area contributed by atoms with Crippen LogP contribution in [0.2, 0.25) is 0 Å². The molecule has 13 heavy (non-hydrogen) atoms. The average molecular weight is 178 g/mol. The predicted molar refractivity (Wildman–Crippen MR) is 52.6 cm³/mol. The Labute approximate surface area is 77.6 Å². The lowest BCUT2D eigenvalue weighted by Crippen LogP contribution is -2.37. The van der Waals surface area contributed by atoms with Gasteiger partial charge in [0, 0.05) is 12.2 Å². The van der Waals surface area contributed by atoms with Crippen molar-refractivity contribution in [1.29, 1.82) is 0 Å². The summed E-state index contributed by atoms with van der Waals surface area (Å²) in [7, 11) is 0. The number of anilines is 1. The fourth-order valence-electron chi connectivity index (χ4n) is 1.81. The smallest absolute Gasteiger partial charge is 0.0905 e. The molecule has 2 atom stereocenters. The van der Waals surface area contributed by atoms with Crippen LogP contribution < -0.4 is 11.1 Å². The third kappa shape index (κ3) is 1.30. The molecule has 2 rings (SSSR count). The number of aliphatic hydroxyl groups excluding tert-OH is 1. The van der Waals surface area contributed by atoms with Crippen LogP contribution >= 0.6 is 0 Å². The van der Waals surface area contributed by atoms with Crippen molar-refractivity contribution in [3.63, 3.8) is 0 Å². The summed E-state index contributed by atoms with van der Waals surface area (Å²) < 4.78 is 0. The number of aliphatic hydroxyl groups is 1. The summed E-state index contributed by atoms with van der Waals surface area (Å²) in [5, 5.41) is 12.7. The molecule has 0 fully saturated rings. The molecule has 0 radical (unpaired) electrons. The molecule has 2 unspecified atom stereocenters. The van der Waals surface area contributed by atoms with E-state index < -0.39 is 6.10 Å². The van der Waals surface area contributed by atoms with Gasteiger partial charge in [0.2, 0.25) is 0 Å². The first-order chi connectivity index (χ1) is 6.20. The Bertz CT molecular complexity index is 325. The maximum absolute atomic E-state index is 9.56. The lowest BCUT2D eigenvalue weighted by atomic mass is 9.92. The van der Waals surface area contributed by atoms with E-state index in [1.807, 2.05) is 25.1 Å². The fraction of sp³-hybridized carbons (Fsp3) is 0.400. The minimum atomic E-state index is -0.478. The monoisotopic (exact) mass is 178 g/mol. The molecule has 4 N–H and O–H groups in total. The molecule has 0 saturated heterocycles. The normalized spacial score (nSPS) is 26.4. The Morgan fingerprint density at radius 3 is 3.08 bits per heavy atom. The minimum absolute atomic E-state index is 0.252. The summed E-state index contributed by atoms with van der Waals surface area (Å²) in [6, 6.07) is 5.75. The van der Waals surface area contributed by atoms with E-state index in [4.69, 9.17) is 5.73 Å². The number of hydrogen-bond acceptors (Lipinski definition) is 3. The van der Waals surface area contributed by atoms with E-state index in [1.54, 1.807) is 0 Å². The molecule has 70 valence electrons. The minimum Gasteiger partial charge on any atom is -0.389 e. The van der Waals surface area contributed by atoms with Crippen molar-refractivity contribution in [2.45, 2.75) is 19.1 Å². The van der Waals surface area contributed by atoms with Gasteiger partial charge in [-0.05, 0) is 24.1 Å². The molecule has 0 amide bonds. The van der Waals surface area contributed by atoms with Crippen molar-refractivity contribution in [3.05, 3.63) is 29.3 Å². The predicted octanol–water partition coefficient (Wildman–Crippen LogP) is 0.781. The van der Waals surface area contributed by atoms with Crippen molar-refractivity contribution in [2.75, 3.05) is 11.9 Å². The van der Waals surface area contributed by atoms with Gasteiger partial charge in [-0.25, -0.2) is 0 Å². The zero-order chi connectivity index (χ0) is 9.42. The van der Waals surface area contributed by atoms with E-state index in [1.165, 1.54) is 0 Å². The van der Waals surface area contributed by atoms with Crippen molar-refractivity contribution in [2.24, 2.45) is 5.73 Å². The van der Waals surface area contributed by atoms with E-state index in [0.717, 1.165) is 16.8 Å². The van der Waals surface area contributed by atoms with E-state index in [9.17, 15) is 5.11 Å². The molecule has 3 heteroatoms. The summed E-state index contributed by atoms with van der Waals surface area (Å²) in [5.41, 5.74) is 9.13. The van der Waals surface area contributed by atoms with Crippen LogP contribution in [-0.2, 0) is 0 Å². The Balaban J connectivity index is 2.51. The van der Waals surface area contributed by atoms with Gasteiger partial charge >= 0.3 is 0 Å². The van der Waals surface area contributed by atoms with Crippen LogP contribution in [-0.4, -0.2) is 17.8 Å². The Kier molecular flexibility index (Phi) is 1.98. The van der Waals surface area contributed by atoms with Crippen LogP contribution in [0.3, 0.4) is 0 Å². The summed E-state index contributed by atoms with van der Waals surface area (Å²) in [5.74, 6) is 0. The van der Waals surface area contributed by atoms with E-state index in [0.29, 0.717) is 6.54 Å². The molecule has 1 aromatic carbocycles. The van der Waals surface area contributed by atoms with Gasteiger partial charge in [0.25, 0.3) is 0 Å². The zero-order valence-corrected chi connectivity index (χ0v) is 7.62. The zero-order valence-electron chi connectivity index (χ0n) is 7.62. The molecule has 1 aromatic rings. The maximum Gasteiger partial charge on any atom is 0.0905 e. The quantitative estimate of drug-likeness (QED) is 0.550. The van der Waals surface area contributed by atoms with Gasteiger partial charge < -0.3 is 16.2 Å². The van der Waals surface area contributed by atoms with E-state index >= 15 is 0 Å². The molecule has 0 aliphatic carbocycles. The second-order valence-electron chi connectivity index (χ2n) is 3.51. The molecular formula is C10H14N2O. The largest absolute Gasteiger partial charge is 0.389 e. The highest BCUT2D eigenvalue weighted by Crippen LogP contribution is 2.30. The number of fused-ring (bicyclic) bond motifs is 1. The maximum atomic E-state index is 9.56. The van der Waals surface area contributed by atoms with Gasteiger partial charge in [-0.1, -0.05) is 12.1 Å². The Morgan fingerprint density at radius 1 is 1.54 bits per heavy atom. The molecule has 0 aromatic heterocycles. The third-order valence-corrected chi connectivity index (χ3v) is 2.57. The number of nitrogens with two attached hydrogens (primary N) is 1. The lowest BCUT2D eigenvalue weighted by Gasteiger charge is -2.29. The molecule has 0 bridgehead atoms. The van der Waals surface area contributed by atoms with Gasteiger partial charge in [0.1, 0.15) is 0 Å². The third-order valence-electron chi connectivity index (χ3n) is 2.57. The molecule has 1 heterocycles. The van der Waals surface area contributed by atoms with Crippen molar-refractivity contribution in [3.8, 4) is 0 Å². The van der Waals surface area contributed by atoms with Gasteiger partial charge in [0.15, 0.2) is 0 Å². The van der Waals surface area contributed by atoms with Crippen molar-refractivity contribution in [1.82, 2.24) is 0 Å². The number of hydrogen-bond donors (Lipinski definition) is 3. The van der Waals surface area contributed by atoms with Crippen LogP contribution in [0, 0.1) is 6.92 Å². The van der Waals surface area contributed by atoms with Crippen molar-refractivity contribution >= 4 is 5.69 Å².